The largest absolute Gasteiger partial charge is 0.278 e. The number of hydrogen-bond acceptors (Lipinski definition) is 3. The molecule has 4 nitrogen and oxygen atoms in total. The summed E-state index contributed by atoms with van der Waals surface area (Å²) in [6.45, 7) is 0. The first-order valence-electron chi connectivity index (χ1n) is 17.1. The molecule has 4 aromatic carbocycles. The summed E-state index contributed by atoms with van der Waals surface area (Å²) in [7, 11) is 0. The van der Waals surface area contributed by atoms with Crippen LogP contribution in [0, 0.1) is 0 Å². The van der Waals surface area contributed by atoms with Gasteiger partial charge < -0.3 is 0 Å². The van der Waals surface area contributed by atoms with Crippen molar-refractivity contribution in [1.82, 2.24) is 19.5 Å². The van der Waals surface area contributed by atoms with Crippen molar-refractivity contribution in [2.45, 2.75) is 0 Å². The van der Waals surface area contributed by atoms with Crippen LogP contribution in [-0.2, 0) is 0 Å². The highest BCUT2D eigenvalue weighted by Gasteiger charge is 2.17. The van der Waals surface area contributed by atoms with Crippen LogP contribution >= 0.6 is 23.2 Å². The molecule has 0 atom stereocenters. The fourth-order valence-electron chi connectivity index (χ4n) is 3.22. The maximum atomic E-state index is 9.31. The Balaban J connectivity index is 1.95. The maximum Gasteiger partial charge on any atom is 0.240 e. The summed E-state index contributed by atoms with van der Waals surface area (Å²) < 4.78 is 138. The second-order valence-electron chi connectivity index (χ2n) is 6.46. The monoisotopic (exact) mass is 482 g/mol. The maximum absolute atomic E-state index is 9.31. The summed E-state index contributed by atoms with van der Waals surface area (Å²) in [4.78, 5) is 11.7. The van der Waals surface area contributed by atoms with E-state index in [-0.39, 0.29) is 0 Å². The van der Waals surface area contributed by atoms with E-state index < -0.39 is 157 Å². The first-order chi connectivity index (χ1) is 22.8. The lowest BCUT2D eigenvalue weighted by atomic mass is 10.0. The number of fused-ring (bicyclic) bond motifs is 3. The van der Waals surface area contributed by atoms with Crippen molar-refractivity contribution in [3.63, 3.8) is 0 Å². The highest BCUT2D eigenvalue weighted by atomic mass is 35.5. The van der Waals surface area contributed by atoms with Gasteiger partial charge in [-0.2, -0.15) is 15.0 Å². The summed E-state index contributed by atoms with van der Waals surface area (Å²) in [5, 5.41) is -1.72. The zero-order valence-corrected chi connectivity index (χ0v) is 17.6. The van der Waals surface area contributed by atoms with Crippen molar-refractivity contribution in [3.05, 3.63) is 107 Å². The zero-order valence-electron chi connectivity index (χ0n) is 32.0. The van der Waals surface area contributed by atoms with E-state index in [2.05, 4.69) is 15.0 Å². The van der Waals surface area contributed by atoms with E-state index >= 15 is 0 Å². The third-order valence-corrected chi connectivity index (χ3v) is 4.89. The van der Waals surface area contributed by atoms with E-state index in [1.165, 1.54) is 0 Å². The highest BCUT2D eigenvalue weighted by molar-refractivity contribution is 6.31. The van der Waals surface area contributed by atoms with Gasteiger partial charge >= 0.3 is 0 Å². The number of halogens is 2. The van der Waals surface area contributed by atoms with Gasteiger partial charge in [-0.1, -0.05) is 72.5 Å². The number of benzene rings is 4. The molecule has 2 heterocycles. The molecule has 6 rings (SSSR count). The molecule has 33 heavy (non-hydrogen) atoms. The smallest absolute Gasteiger partial charge is 0.240 e. The molecule has 0 radical (unpaired) electrons. The van der Waals surface area contributed by atoms with Gasteiger partial charge in [0.15, 0.2) is 0 Å². The van der Waals surface area contributed by atoms with Gasteiger partial charge in [-0.25, -0.2) is 0 Å². The third-order valence-electron chi connectivity index (χ3n) is 4.55. The van der Waals surface area contributed by atoms with E-state index in [4.69, 9.17) is 42.4 Å². The van der Waals surface area contributed by atoms with Crippen LogP contribution in [-0.4, -0.2) is 19.5 Å². The van der Waals surface area contributed by atoms with Gasteiger partial charge in [0.1, 0.15) is 0 Å². The predicted molar refractivity (Wildman–Crippen MR) is 135 cm³/mol. The molecule has 0 amide bonds. The van der Waals surface area contributed by atoms with Crippen molar-refractivity contribution in [1.29, 1.82) is 0 Å². The Morgan fingerprint density at radius 2 is 1.00 bits per heavy atom. The zero-order chi connectivity index (χ0) is 36.3. The van der Waals surface area contributed by atoms with Crippen LogP contribution in [0.3, 0.4) is 0 Å². The summed E-state index contributed by atoms with van der Waals surface area (Å²) >= 11 is 12.1. The Morgan fingerprint density at radius 1 is 0.545 bits per heavy atom. The van der Waals surface area contributed by atoms with Gasteiger partial charge in [-0.15, -0.1) is 0 Å². The van der Waals surface area contributed by atoms with E-state index in [1.807, 2.05) is 0 Å². The molecular formula is C27H16Cl2N4. The van der Waals surface area contributed by atoms with Crippen LogP contribution in [0.4, 0.5) is 0 Å². The molecule has 0 bridgehead atoms. The third kappa shape index (κ3) is 3.54. The molecular weight excluding hydrogens is 451 g/mol. The van der Waals surface area contributed by atoms with E-state index in [1.54, 1.807) is 0 Å². The number of rotatable bonds is 3. The first-order valence-corrected chi connectivity index (χ1v) is 9.90. The topological polar surface area (TPSA) is 43.6 Å². The van der Waals surface area contributed by atoms with Gasteiger partial charge in [-0.05, 0) is 69.6 Å². The lowest BCUT2D eigenvalue weighted by molar-refractivity contribution is 0.941. The SMILES string of the molecule is [2H]c1c([2H])c([2H])c(-c2c([2H])c([2H])c3c(c2[2H])c2c([2H])c(-c4c([2H])c([2H])c([2H])c([2H])c4[2H])c([2H])c([2H])c2n3-c2nc(Cl)nc(Cl)n2)c([2H])c1[2H]. The average Bonchev–Trinajstić information content (AvgIpc) is 3.42. The van der Waals surface area contributed by atoms with Crippen molar-refractivity contribution in [2.24, 2.45) is 0 Å². The van der Waals surface area contributed by atoms with Crippen LogP contribution < -0.4 is 0 Å². The lowest BCUT2D eigenvalue weighted by Gasteiger charge is -2.07. The molecule has 0 saturated carbocycles. The van der Waals surface area contributed by atoms with Gasteiger partial charge in [-0.3, -0.25) is 4.57 Å². The van der Waals surface area contributed by atoms with Crippen LogP contribution in [0.25, 0.3) is 50.0 Å². The van der Waals surface area contributed by atoms with Crippen molar-refractivity contribution < 1.29 is 21.9 Å². The lowest BCUT2D eigenvalue weighted by Crippen LogP contribution is -2.03. The first kappa shape index (κ1) is 9.26. The Labute approximate surface area is 222 Å². The minimum atomic E-state index is -0.790. The molecule has 0 fully saturated rings. The molecule has 0 N–H and O–H groups in total. The Morgan fingerprint density at radius 3 is 1.45 bits per heavy atom. The molecule has 0 aliphatic rings. The summed E-state index contributed by atoms with van der Waals surface area (Å²) in [6, 6.07) is -12.3. The normalized spacial score (nSPS) is 18.1. The molecule has 6 aromatic rings. The summed E-state index contributed by atoms with van der Waals surface area (Å²) in [5.74, 6) is -0.462. The van der Waals surface area contributed by atoms with Gasteiger partial charge in [0, 0.05) is 10.8 Å². The Hall–Kier alpha value is -3.73. The summed E-state index contributed by atoms with van der Waals surface area (Å²) in [6.07, 6.45) is 0. The van der Waals surface area contributed by atoms with E-state index in [9.17, 15) is 2.74 Å². The summed E-state index contributed by atoms with van der Waals surface area (Å²) in [5.41, 5.74) is -3.18. The predicted octanol–water partition coefficient (Wildman–Crippen LogP) is 7.61. The number of hydrogen-bond donors (Lipinski definition) is 0. The van der Waals surface area contributed by atoms with Crippen molar-refractivity contribution in [2.75, 3.05) is 0 Å². The molecule has 158 valence electrons. The van der Waals surface area contributed by atoms with Crippen LogP contribution in [0.1, 0.15) is 21.9 Å². The Kier molecular flexibility index (Phi) is 2.24. The van der Waals surface area contributed by atoms with Crippen molar-refractivity contribution in [3.8, 4) is 28.2 Å². The number of aromatic nitrogens is 4. The quantitative estimate of drug-likeness (QED) is 0.260. The minimum absolute atomic E-state index is 0.404. The van der Waals surface area contributed by atoms with Crippen LogP contribution in [0.2, 0.25) is 10.6 Å². The average molecular weight is 483 g/mol. The molecule has 0 aliphatic heterocycles. The van der Waals surface area contributed by atoms with Gasteiger partial charge in [0.05, 0.1) is 33.0 Å². The molecule has 6 heteroatoms. The molecule has 0 aliphatic carbocycles. The van der Waals surface area contributed by atoms with Crippen LogP contribution in [0.5, 0.6) is 0 Å². The van der Waals surface area contributed by atoms with Gasteiger partial charge in [0.25, 0.3) is 0 Å². The van der Waals surface area contributed by atoms with Crippen molar-refractivity contribution >= 4 is 45.0 Å². The standard InChI is InChI=1S/C27H16Cl2N4/c28-25-30-26(29)32-27(31-25)33-23-13-11-19(17-7-3-1-4-8-17)15-21(23)22-16-20(12-14-24(22)33)18-9-5-2-6-10-18/h1-16H/i1D,2D,3D,4D,5D,6D,7D,8D,9D,10D,11D,12D,13D,14D,15D,16D. The minimum Gasteiger partial charge on any atom is -0.278 e. The molecule has 2 aromatic heterocycles. The van der Waals surface area contributed by atoms with E-state index in [0.29, 0.717) is 0 Å². The fraction of sp³-hybridized carbons (Fsp3) is 0. The van der Waals surface area contributed by atoms with E-state index in [0.717, 1.165) is 4.57 Å². The highest BCUT2D eigenvalue weighted by Crippen LogP contribution is 2.36. The fourth-order valence-corrected chi connectivity index (χ4v) is 3.58. The molecule has 0 unspecified atom stereocenters. The second-order valence-corrected chi connectivity index (χ2v) is 7.13. The van der Waals surface area contributed by atoms with Crippen LogP contribution in [0.15, 0.2) is 96.7 Å². The second kappa shape index (κ2) is 8.00. The molecule has 0 saturated heterocycles. The molecule has 0 spiro atoms. The number of nitrogens with zero attached hydrogens (tertiary/aromatic N) is 4. The van der Waals surface area contributed by atoms with Gasteiger partial charge in [0.2, 0.25) is 16.5 Å². The Bertz CT molecular complexity index is 2280.